The molecule has 0 aliphatic heterocycles. The van der Waals surface area contributed by atoms with Crippen molar-refractivity contribution in [2.45, 2.75) is 13.1 Å². The van der Waals surface area contributed by atoms with Gasteiger partial charge in [0.25, 0.3) is 5.91 Å². The summed E-state index contributed by atoms with van der Waals surface area (Å²) in [6.07, 6.45) is -4.49. The number of aryl methyl sites for hydroxylation is 1. The molecule has 2 aromatic carbocycles. The van der Waals surface area contributed by atoms with Crippen molar-refractivity contribution in [2.24, 2.45) is 5.73 Å². The molecular formula is C20H14F3N5O2. The van der Waals surface area contributed by atoms with Crippen molar-refractivity contribution < 1.29 is 18.0 Å². The molecule has 4 rings (SSSR count). The van der Waals surface area contributed by atoms with E-state index in [4.69, 9.17) is 5.73 Å². The molecule has 0 spiro atoms. The van der Waals surface area contributed by atoms with E-state index >= 15 is 0 Å². The molecule has 7 nitrogen and oxygen atoms in total. The molecule has 0 saturated heterocycles. The molecule has 4 aromatic rings. The molecule has 0 unspecified atom stereocenters. The lowest BCUT2D eigenvalue weighted by Gasteiger charge is -2.09. The Morgan fingerprint density at radius 2 is 1.80 bits per heavy atom. The van der Waals surface area contributed by atoms with Gasteiger partial charge in [-0.05, 0) is 36.8 Å². The van der Waals surface area contributed by atoms with Gasteiger partial charge in [0.2, 0.25) is 0 Å². The van der Waals surface area contributed by atoms with Crippen LogP contribution in [0.5, 0.6) is 0 Å². The third-order valence-corrected chi connectivity index (χ3v) is 4.50. The molecule has 1 amide bonds. The maximum absolute atomic E-state index is 12.8. The highest BCUT2D eigenvalue weighted by atomic mass is 19.4. The van der Waals surface area contributed by atoms with Gasteiger partial charge >= 0.3 is 11.9 Å². The van der Waals surface area contributed by atoms with Crippen LogP contribution in [-0.4, -0.2) is 25.4 Å². The van der Waals surface area contributed by atoms with Gasteiger partial charge in [-0.25, -0.2) is 19.3 Å². The van der Waals surface area contributed by atoms with E-state index in [0.29, 0.717) is 5.69 Å². The quantitative estimate of drug-likeness (QED) is 0.538. The van der Waals surface area contributed by atoms with Crippen LogP contribution in [0.3, 0.4) is 0 Å². The number of hydrogen-bond acceptors (Lipinski definition) is 4. The Labute approximate surface area is 167 Å². The smallest absolute Gasteiger partial charge is 0.364 e. The number of hydrogen-bond donors (Lipinski definition) is 2. The number of aromatic nitrogens is 4. The minimum absolute atomic E-state index is 0.0366. The van der Waals surface area contributed by atoms with Gasteiger partial charge in [-0.1, -0.05) is 24.3 Å². The number of rotatable bonds is 3. The molecule has 3 N–H and O–H groups in total. The molecule has 0 atom stereocenters. The monoisotopic (exact) mass is 413 g/mol. The van der Waals surface area contributed by atoms with Gasteiger partial charge in [0.15, 0.2) is 17.2 Å². The first-order valence-electron chi connectivity index (χ1n) is 8.72. The van der Waals surface area contributed by atoms with Crippen LogP contribution in [0.15, 0.2) is 53.3 Å². The third kappa shape index (κ3) is 3.32. The zero-order valence-corrected chi connectivity index (χ0v) is 15.5. The van der Waals surface area contributed by atoms with Gasteiger partial charge in [-0.3, -0.25) is 4.79 Å². The van der Waals surface area contributed by atoms with E-state index in [2.05, 4.69) is 15.0 Å². The Morgan fingerprint density at radius 3 is 2.40 bits per heavy atom. The minimum atomic E-state index is -4.49. The highest BCUT2D eigenvalue weighted by Gasteiger charge is 2.30. The van der Waals surface area contributed by atoms with Crippen LogP contribution >= 0.6 is 0 Å². The van der Waals surface area contributed by atoms with E-state index in [1.807, 2.05) is 13.0 Å². The Balaban J connectivity index is 1.97. The molecule has 0 bridgehead atoms. The van der Waals surface area contributed by atoms with Crippen LogP contribution in [0.25, 0.3) is 28.2 Å². The predicted molar refractivity (Wildman–Crippen MR) is 103 cm³/mol. The number of nitrogens with one attached hydrogen (secondary N) is 1. The van der Waals surface area contributed by atoms with Gasteiger partial charge in [0.05, 0.1) is 11.3 Å². The van der Waals surface area contributed by atoms with Gasteiger partial charge in [0.1, 0.15) is 5.52 Å². The maximum Gasteiger partial charge on any atom is 0.416 e. The summed E-state index contributed by atoms with van der Waals surface area (Å²) < 4.78 is 39.8. The van der Waals surface area contributed by atoms with Gasteiger partial charge < -0.3 is 10.7 Å². The molecule has 2 aromatic heterocycles. The first-order chi connectivity index (χ1) is 14.1. The van der Waals surface area contributed by atoms with E-state index in [0.717, 1.165) is 17.7 Å². The van der Waals surface area contributed by atoms with Crippen LogP contribution in [0, 0.1) is 6.92 Å². The minimum Gasteiger partial charge on any atom is -0.364 e. The third-order valence-electron chi connectivity index (χ3n) is 4.50. The zero-order valence-electron chi connectivity index (χ0n) is 15.5. The number of halogens is 3. The molecule has 0 radical (unpaired) electrons. The number of carbonyl (C=O) groups is 1. The van der Waals surface area contributed by atoms with Gasteiger partial charge in [0, 0.05) is 5.56 Å². The number of carbonyl (C=O) groups excluding carboxylic acids is 1. The first kappa shape index (κ1) is 19.4. The van der Waals surface area contributed by atoms with Gasteiger partial charge in [-0.15, -0.1) is 0 Å². The largest absolute Gasteiger partial charge is 0.416 e. The molecule has 0 fully saturated rings. The average Bonchev–Trinajstić information content (AvgIpc) is 3.02. The number of benzene rings is 2. The molecule has 152 valence electrons. The van der Waals surface area contributed by atoms with E-state index in [-0.39, 0.29) is 28.2 Å². The van der Waals surface area contributed by atoms with Crippen molar-refractivity contribution >= 4 is 17.1 Å². The fourth-order valence-electron chi connectivity index (χ4n) is 3.11. The Hall–Kier alpha value is -3.95. The molecular weight excluding hydrogens is 399 g/mol. The number of nitrogens with two attached hydrogens (primary N) is 1. The zero-order chi connectivity index (χ0) is 21.6. The van der Waals surface area contributed by atoms with Crippen LogP contribution in [0.1, 0.15) is 21.6 Å². The fraction of sp³-hybridized carbons (Fsp3) is 0.100. The summed E-state index contributed by atoms with van der Waals surface area (Å²) >= 11 is 0. The summed E-state index contributed by atoms with van der Waals surface area (Å²) in [6, 6.07) is 11.2. The topological polar surface area (TPSA) is 107 Å². The number of primary amides is 1. The van der Waals surface area contributed by atoms with Crippen molar-refractivity contribution in [1.82, 2.24) is 19.5 Å². The summed E-state index contributed by atoms with van der Waals surface area (Å²) in [7, 11) is 0. The second-order valence-electron chi connectivity index (χ2n) is 6.64. The lowest BCUT2D eigenvalue weighted by molar-refractivity contribution is -0.137. The Kier molecular flexibility index (Phi) is 4.41. The predicted octanol–water partition coefficient (Wildman–Crippen LogP) is 3.20. The molecule has 0 aliphatic rings. The van der Waals surface area contributed by atoms with Crippen molar-refractivity contribution in [3.8, 4) is 17.1 Å². The molecule has 10 heteroatoms. The normalized spacial score (nSPS) is 11.7. The Morgan fingerprint density at radius 1 is 1.10 bits per heavy atom. The highest BCUT2D eigenvalue weighted by molar-refractivity contribution is 6.02. The van der Waals surface area contributed by atoms with Crippen molar-refractivity contribution in [3.63, 3.8) is 0 Å². The summed E-state index contributed by atoms with van der Waals surface area (Å²) in [5.41, 5.74) is 5.55. The summed E-state index contributed by atoms with van der Waals surface area (Å²) in [5.74, 6) is -0.946. The number of amides is 1. The first-order valence-corrected chi connectivity index (χ1v) is 8.72. The van der Waals surface area contributed by atoms with Crippen LogP contribution in [0.4, 0.5) is 13.2 Å². The van der Waals surface area contributed by atoms with Crippen molar-refractivity contribution in [3.05, 3.63) is 75.8 Å². The van der Waals surface area contributed by atoms with Crippen LogP contribution < -0.4 is 11.4 Å². The number of alkyl halides is 3. The second-order valence-corrected chi connectivity index (χ2v) is 6.64. The standard InChI is InChI=1S/C20H14F3N5O2/c1-10-3-2-4-13(9-10)28-18-15(26-19(28)30)14(16(24)29)25-17(27-18)11-5-7-12(8-6-11)20(21,22)23/h2-9H,1H3,(H2,24,29)(H,26,30). The fourth-order valence-corrected chi connectivity index (χ4v) is 3.11. The van der Waals surface area contributed by atoms with E-state index in [9.17, 15) is 22.8 Å². The second kappa shape index (κ2) is 6.83. The number of imidazole rings is 1. The number of aromatic amines is 1. The molecule has 30 heavy (non-hydrogen) atoms. The maximum atomic E-state index is 12.8. The van der Waals surface area contributed by atoms with E-state index < -0.39 is 23.3 Å². The van der Waals surface area contributed by atoms with Crippen LogP contribution in [0.2, 0.25) is 0 Å². The lowest BCUT2D eigenvalue weighted by Crippen LogP contribution is -2.15. The number of fused-ring (bicyclic) bond motifs is 1. The lowest BCUT2D eigenvalue weighted by atomic mass is 10.1. The summed E-state index contributed by atoms with van der Waals surface area (Å²) in [6.45, 7) is 1.85. The highest BCUT2D eigenvalue weighted by Crippen LogP contribution is 2.31. The summed E-state index contributed by atoms with van der Waals surface area (Å²) in [4.78, 5) is 35.5. The van der Waals surface area contributed by atoms with Crippen molar-refractivity contribution in [1.29, 1.82) is 0 Å². The van der Waals surface area contributed by atoms with Crippen LogP contribution in [-0.2, 0) is 6.18 Å². The number of H-pyrrole nitrogens is 1. The molecule has 0 saturated carbocycles. The van der Waals surface area contributed by atoms with E-state index in [1.54, 1.807) is 18.2 Å². The summed E-state index contributed by atoms with van der Waals surface area (Å²) in [5, 5.41) is 0. The molecule has 0 aliphatic carbocycles. The van der Waals surface area contributed by atoms with E-state index in [1.165, 1.54) is 16.7 Å². The average molecular weight is 413 g/mol. The van der Waals surface area contributed by atoms with Crippen molar-refractivity contribution in [2.75, 3.05) is 0 Å². The van der Waals surface area contributed by atoms with Gasteiger partial charge in [-0.2, -0.15) is 13.2 Å². The number of nitrogens with zero attached hydrogens (tertiary/aromatic N) is 3. The Bertz CT molecular complexity index is 1340. The SMILES string of the molecule is Cc1cccc(-n2c(=O)[nH]c3c(C(N)=O)nc(-c4ccc(C(F)(F)F)cc4)nc32)c1. The molecule has 2 heterocycles.